The molecule has 0 amide bonds. The third-order valence-electron chi connectivity index (χ3n) is 4.70. The maximum Gasteiger partial charge on any atom is 0.236 e. The Hall–Kier alpha value is -2.74. The number of guanidine groups is 1. The molecular formula is C20H26N4O3S. The fourth-order valence-corrected chi connectivity index (χ4v) is 4.68. The van der Waals surface area contributed by atoms with Crippen LogP contribution in [-0.4, -0.2) is 47.4 Å². The van der Waals surface area contributed by atoms with Crippen LogP contribution in [0.1, 0.15) is 11.1 Å². The number of benzene rings is 2. The fourth-order valence-electron chi connectivity index (χ4n) is 3.25. The first-order valence-corrected chi connectivity index (χ1v) is 10.8. The van der Waals surface area contributed by atoms with Crippen molar-refractivity contribution < 1.29 is 13.2 Å². The molecule has 8 heteroatoms. The number of hydrogen-bond donors (Lipinski definition) is 2. The number of rotatable bonds is 7. The zero-order valence-corrected chi connectivity index (χ0v) is 17.0. The average molecular weight is 403 g/mol. The second-order valence-corrected chi connectivity index (χ2v) is 8.44. The molecule has 0 radical (unpaired) electrons. The normalized spacial score (nSPS) is 13.9. The van der Waals surface area contributed by atoms with E-state index in [0.717, 1.165) is 29.0 Å². The molecule has 0 unspecified atom stereocenters. The van der Waals surface area contributed by atoms with E-state index in [1.807, 2.05) is 48.5 Å². The molecule has 150 valence electrons. The van der Waals surface area contributed by atoms with Gasteiger partial charge in [0.15, 0.2) is 5.96 Å². The zero-order chi connectivity index (χ0) is 20.0. The van der Waals surface area contributed by atoms with Gasteiger partial charge in [0.1, 0.15) is 5.75 Å². The first kappa shape index (κ1) is 20.0. The van der Waals surface area contributed by atoms with Crippen LogP contribution in [0.5, 0.6) is 5.75 Å². The van der Waals surface area contributed by atoms with Crippen LogP contribution >= 0.6 is 0 Å². The Morgan fingerprint density at radius 1 is 1.14 bits per heavy atom. The molecule has 3 rings (SSSR count). The summed E-state index contributed by atoms with van der Waals surface area (Å²) in [5.41, 5.74) is 2.86. The maximum atomic E-state index is 12.7. The molecule has 0 fully saturated rings. The minimum Gasteiger partial charge on any atom is -0.496 e. The highest BCUT2D eigenvalue weighted by Crippen LogP contribution is 2.29. The van der Waals surface area contributed by atoms with Crippen molar-refractivity contribution in [3.63, 3.8) is 0 Å². The molecule has 2 N–H and O–H groups in total. The average Bonchev–Trinajstić information content (AvgIpc) is 3.16. The van der Waals surface area contributed by atoms with Gasteiger partial charge < -0.3 is 15.4 Å². The number of nitrogens with one attached hydrogen (secondary N) is 2. The quantitative estimate of drug-likeness (QED) is 0.545. The lowest BCUT2D eigenvalue weighted by Crippen LogP contribution is -2.41. The summed E-state index contributed by atoms with van der Waals surface area (Å²) in [6.07, 6.45) is 0.755. The van der Waals surface area contributed by atoms with Gasteiger partial charge in [-0.1, -0.05) is 36.4 Å². The number of anilines is 1. The maximum absolute atomic E-state index is 12.7. The van der Waals surface area contributed by atoms with Gasteiger partial charge in [0.25, 0.3) is 0 Å². The highest BCUT2D eigenvalue weighted by molar-refractivity contribution is 7.92. The van der Waals surface area contributed by atoms with Gasteiger partial charge in [-0.2, -0.15) is 0 Å². The molecule has 2 aromatic carbocycles. The number of aliphatic imine (C=N–C) groups is 1. The van der Waals surface area contributed by atoms with Crippen molar-refractivity contribution >= 4 is 21.7 Å². The molecule has 7 nitrogen and oxygen atoms in total. The number of hydrogen-bond acceptors (Lipinski definition) is 4. The first-order chi connectivity index (χ1) is 13.5. The van der Waals surface area contributed by atoms with Crippen molar-refractivity contribution in [1.82, 2.24) is 10.6 Å². The van der Waals surface area contributed by atoms with Crippen molar-refractivity contribution in [3.05, 3.63) is 59.7 Å². The molecule has 0 spiro atoms. The van der Waals surface area contributed by atoms with Crippen LogP contribution in [0.3, 0.4) is 0 Å². The van der Waals surface area contributed by atoms with E-state index in [-0.39, 0.29) is 12.3 Å². The van der Waals surface area contributed by atoms with Crippen LogP contribution in [0.2, 0.25) is 0 Å². The van der Waals surface area contributed by atoms with E-state index in [1.54, 1.807) is 14.2 Å². The monoisotopic (exact) mass is 402 g/mol. The number of nitrogens with zero attached hydrogens (tertiary/aromatic N) is 2. The van der Waals surface area contributed by atoms with Gasteiger partial charge in [0.05, 0.1) is 18.6 Å². The predicted molar refractivity (Wildman–Crippen MR) is 112 cm³/mol. The second-order valence-electron chi connectivity index (χ2n) is 6.43. The van der Waals surface area contributed by atoms with Crippen LogP contribution in [0.15, 0.2) is 53.5 Å². The van der Waals surface area contributed by atoms with E-state index in [2.05, 4.69) is 15.6 Å². The van der Waals surface area contributed by atoms with Crippen LogP contribution < -0.4 is 19.7 Å². The van der Waals surface area contributed by atoms with Gasteiger partial charge in [0.2, 0.25) is 10.0 Å². The van der Waals surface area contributed by atoms with Crippen LogP contribution in [0.25, 0.3) is 0 Å². The fraction of sp³-hybridized carbons (Fsp3) is 0.350. The van der Waals surface area contributed by atoms with Crippen molar-refractivity contribution in [3.8, 4) is 5.75 Å². The topological polar surface area (TPSA) is 83.0 Å². The molecule has 1 heterocycles. The highest BCUT2D eigenvalue weighted by atomic mass is 32.2. The Morgan fingerprint density at radius 3 is 2.68 bits per heavy atom. The van der Waals surface area contributed by atoms with E-state index in [9.17, 15) is 8.42 Å². The number of sulfonamides is 1. The minimum absolute atomic E-state index is 0.00328. The minimum atomic E-state index is -3.39. The van der Waals surface area contributed by atoms with Crippen LogP contribution in [0, 0.1) is 0 Å². The van der Waals surface area contributed by atoms with Crippen molar-refractivity contribution in [2.75, 3.05) is 37.3 Å². The smallest absolute Gasteiger partial charge is 0.236 e. The number of methoxy groups -OCH3 is 1. The van der Waals surface area contributed by atoms with Gasteiger partial charge in [-0.05, 0) is 24.1 Å². The lowest BCUT2D eigenvalue weighted by molar-refractivity contribution is 0.409. The molecule has 28 heavy (non-hydrogen) atoms. The summed E-state index contributed by atoms with van der Waals surface area (Å²) >= 11 is 0. The summed E-state index contributed by atoms with van der Waals surface area (Å²) < 4.78 is 32.3. The largest absolute Gasteiger partial charge is 0.496 e. The van der Waals surface area contributed by atoms with E-state index in [4.69, 9.17) is 4.74 Å². The SMILES string of the molecule is CN=C(NCCS(=O)(=O)N1CCc2ccccc21)NCc1ccccc1OC. The molecular weight excluding hydrogens is 376 g/mol. The highest BCUT2D eigenvalue weighted by Gasteiger charge is 2.28. The Labute approximate surface area is 166 Å². The van der Waals surface area contributed by atoms with Gasteiger partial charge >= 0.3 is 0 Å². The lowest BCUT2D eigenvalue weighted by atomic mass is 10.2. The molecule has 1 aliphatic heterocycles. The Bertz CT molecular complexity index is 944. The van der Waals surface area contributed by atoms with E-state index in [1.165, 1.54) is 4.31 Å². The van der Waals surface area contributed by atoms with Gasteiger partial charge in [-0.3, -0.25) is 9.30 Å². The molecule has 0 aliphatic carbocycles. The third-order valence-corrected chi connectivity index (χ3v) is 6.47. The standard InChI is InChI=1S/C20H26N4O3S/c1-21-20(23-15-17-8-4-6-10-19(17)27-2)22-12-14-28(25,26)24-13-11-16-7-3-5-9-18(16)24/h3-10H,11-15H2,1-2H3,(H2,21,22,23). The summed E-state index contributed by atoms with van der Waals surface area (Å²) in [7, 11) is -0.0993. The zero-order valence-electron chi connectivity index (χ0n) is 16.2. The molecule has 1 aliphatic rings. The molecule has 0 atom stereocenters. The van der Waals surface area contributed by atoms with E-state index in [0.29, 0.717) is 19.0 Å². The molecule has 0 saturated heterocycles. The summed E-state index contributed by atoms with van der Waals surface area (Å²) in [5.74, 6) is 1.33. The lowest BCUT2D eigenvalue weighted by Gasteiger charge is -2.20. The Balaban J connectivity index is 1.53. The van der Waals surface area contributed by atoms with E-state index < -0.39 is 10.0 Å². The van der Waals surface area contributed by atoms with Gasteiger partial charge in [-0.15, -0.1) is 0 Å². The molecule has 2 aromatic rings. The third kappa shape index (κ3) is 4.56. The molecule has 0 aromatic heterocycles. The van der Waals surface area contributed by atoms with Gasteiger partial charge in [0, 0.05) is 32.2 Å². The number of para-hydroxylation sites is 2. The summed E-state index contributed by atoms with van der Waals surface area (Å²) in [6.45, 7) is 1.30. The van der Waals surface area contributed by atoms with Crippen molar-refractivity contribution in [1.29, 1.82) is 0 Å². The molecule has 0 saturated carbocycles. The molecule has 0 bridgehead atoms. The second kappa shape index (κ2) is 8.97. The Kier molecular flexibility index (Phi) is 6.41. The summed E-state index contributed by atoms with van der Waals surface area (Å²) in [6, 6.07) is 15.4. The van der Waals surface area contributed by atoms with Crippen molar-refractivity contribution in [2.45, 2.75) is 13.0 Å². The number of fused-ring (bicyclic) bond motifs is 1. The summed E-state index contributed by atoms with van der Waals surface area (Å²) in [5, 5.41) is 6.26. The predicted octanol–water partition coefficient (Wildman–Crippen LogP) is 1.75. The first-order valence-electron chi connectivity index (χ1n) is 9.20. The van der Waals surface area contributed by atoms with Crippen LogP contribution in [0.4, 0.5) is 5.69 Å². The van der Waals surface area contributed by atoms with Crippen molar-refractivity contribution in [2.24, 2.45) is 4.99 Å². The van der Waals surface area contributed by atoms with Crippen LogP contribution in [-0.2, 0) is 23.0 Å². The van der Waals surface area contributed by atoms with Gasteiger partial charge in [-0.25, -0.2) is 8.42 Å². The Morgan fingerprint density at radius 2 is 1.89 bits per heavy atom. The number of ether oxygens (including phenoxy) is 1. The summed E-state index contributed by atoms with van der Waals surface area (Å²) in [4.78, 5) is 4.16. The van der Waals surface area contributed by atoms with E-state index >= 15 is 0 Å².